The number of benzene rings is 2. The molecular weight excluding hydrogens is 400 g/mol. The molecule has 7 nitrogen and oxygen atoms in total. The molecule has 0 aliphatic carbocycles. The van der Waals surface area contributed by atoms with Gasteiger partial charge < -0.3 is 14.8 Å². The second-order valence-corrected chi connectivity index (χ2v) is 7.36. The molecule has 0 saturated heterocycles. The monoisotopic (exact) mass is 418 g/mol. The lowest BCUT2D eigenvalue weighted by Gasteiger charge is -2.09. The van der Waals surface area contributed by atoms with Crippen molar-refractivity contribution in [2.75, 3.05) is 5.32 Å². The number of carbonyl (C=O) groups is 1. The number of hydrogen-bond donors (Lipinski definition) is 1. The highest BCUT2D eigenvalue weighted by atomic mass is 32.1. The predicted molar refractivity (Wildman–Crippen MR) is 114 cm³/mol. The molecule has 0 aliphatic heterocycles. The number of hydrogen-bond acceptors (Lipinski definition) is 7. The Bertz CT molecular complexity index is 1130. The minimum absolute atomic E-state index is 0.228. The highest BCUT2D eigenvalue weighted by Gasteiger charge is 2.08. The van der Waals surface area contributed by atoms with Crippen LogP contribution in [0.3, 0.4) is 0 Å². The number of amides is 1. The Kier molecular flexibility index (Phi) is 5.95. The van der Waals surface area contributed by atoms with Crippen LogP contribution in [0.5, 0.6) is 17.4 Å². The average molecular weight is 418 g/mol. The minimum atomic E-state index is -0.228. The molecule has 0 atom stereocenters. The second kappa shape index (κ2) is 9.15. The molecule has 4 aromatic rings. The standard InChI is InChI=1S/C22H18N4O3S/c1-15-25-18(14-30-15)13-28-19-7-5-16(6-8-19)22(27)26-17-3-2-4-20(11-17)29-21-12-23-9-10-24-21/h2-12,14H,13H2,1H3,(H,26,27). The molecule has 0 radical (unpaired) electrons. The molecule has 4 rings (SSSR count). The highest BCUT2D eigenvalue weighted by Crippen LogP contribution is 2.23. The zero-order valence-electron chi connectivity index (χ0n) is 16.1. The molecule has 8 heteroatoms. The van der Waals surface area contributed by atoms with Gasteiger partial charge in [0.1, 0.15) is 18.1 Å². The van der Waals surface area contributed by atoms with E-state index < -0.39 is 0 Å². The zero-order chi connectivity index (χ0) is 20.8. The summed E-state index contributed by atoms with van der Waals surface area (Å²) in [5.74, 6) is 1.38. The highest BCUT2D eigenvalue weighted by molar-refractivity contribution is 7.09. The van der Waals surface area contributed by atoms with Gasteiger partial charge in [0.05, 0.1) is 16.9 Å². The van der Waals surface area contributed by atoms with Crippen molar-refractivity contribution >= 4 is 22.9 Å². The number of anilines is 1. The molecule has 2 heterocycles. The van der Waals surface area contributed by atoms with Crippen molar-refractivity contribution in [3.63, 3.8) is 0 Å². The molecule has 0 bridgehead atoms. The maximum Gasteiger partial charge on any atom is 0.255 e. The van der Waals surface area contributed by atoms with Gasteiger partial charge in [-0.3, -0.25) is 9.78 Å². The fourth-order valence-electron chi connectivity index (χ4n) is 2.63. The number of aryl methyl sites for hydroxylation is 1. The Morgan fingerprint density at radius 2 is 1.97 bits per heavy atom. The molecule has 1 amide bonds. The molecule has 30 heavy (non-hydrogen) atoms. The maximum atomic E-state index is 12.6. The molecule has 0 aliphatic rings. The minimum Gasteiger partial charge on any atom is -0.487 e. The van der Waals surface area contributed by atoms with E-state index in [9.17, 15) is 4.79 Å². The predicted octanol–water partition coefficient (Wildman–Crippen LogP) is 4.87. The smallest absolute Gasteiger partial charge is 0.255 e. The third-order valence-corrected chi connectivity index (χ3v) is 4.85. The fraction of sp³-hybridized carbons (Fsp3) is 0.0909. The van der Waals surface area contributed by atoms with E-state index in [-0.39, 0.29) is 5.91 Å². The molecule has 150 valence electrons. The Morgan fingerprint density at radius 3 is 2.70 bits per heavy atom. The molecule has 0 unspecified atom stereocenters. The number of ether oxygens (including phenoxy) is 2. The van der Waals surface area contributed by atoms with Crippen LogP contribution in [-0.4, -0.2) is 20.9 Å². The van der Waals surface area contributed by atoms with E-state index in [4.69, 9.17) is 9.47 Å². The summed E-state index contributed by atoms with van der Waals surface area (Å²) >= 11 is 1.59. The van der Waals surface area contributed by atoms with Gasteiger partial charge in [-0.2, -0.15) is 0 Å². The Labute approximate surface area is 177 Å². The first-order valence-corrected chi connectivity index (χ1v) is 10.0. The van der Waals surface area contributed by atoms with Crippen LogP contribution >= 0.6 is 11.3 Å². The molecule has 2 aromatic heterocycles. The van der Waals surface area contributed by atoms with Crippen LogP contribution in [0.2, 0.25) is 0 Å². The molecule has 2 aromatic carbocycles. The Hall–Kier alpha value is -3.78. The van der Waals surface area contributed by atoms with E-state index >= 15 is 0 Å². The third kappa shape index (κ3) is 5.18. The summed E-state index contributed by atoms with van der Waals surface area (Å²) in [7, 11) is 0. The Balaban J connectivity index is 1.36. The van der Waals surface area contributed by atoms with Crippen molar-refractivity contribution in [3.8, 4) is 17.4 Å². The van der Waals surface area contributed by atoms with Gasteiger partial charge in [-0.1, -0.05) is 6.07 Å². The zero-order valence-corrected chi connectivity index (χ0v) is 16.9. The first kappa shape index (κ1) is 19.5. The largest absolute Gasteiger partial charge is 0.487 e. The summed E-state index contributed by atoms with van der Waals surface area (Å²) in [4.78, 5) is 24.9. The van der Waals surface area contributed by atoms with Gasteiger partial charge in [0.2, 0.25) is 5.88 Å². The number of nitrogens with one attached hydrogen (secondary N) is 1. The van der Waals surface area contributed by atoms with E-state index in [1.807, 2.05) is 12.3 Å². The topological polar surface area (TPSA) is 86.2 Å². The van der Waals surface area contributed by atoms with Gasteiger partial charge in [-0.15, -0.1) is 11.3 Å². The van der Waals surface area contributed by atoms with Crippen molar-refractivity contribution in [2.24, 2.45) is 0 Å². The lowest BCUT2D eigenvalue weighted by atomic mass is 10.2. The fourth-order valence-corrected chi connectivity index (χ4v) is 3.23. The van der Waals surface area contributed by atoms with Crippen molar-refractivity contribution in [1.82, 2.24) is 15.0 Å². The summed E-state index contributed by atoms with van der Waals surface area (Å²) in [6, 6.07) is 14.0. The van der Waals surface area contributed by atoms with Crippen LogP contribution in [0.25, 0.3) is 0 Å². The van der Waals surface area contributed by atoms with Crippen molar-refractivity contribution in [1.29, 1.82) is 0 Å². The molecule has 0 fully saturated rings. The lowest BCUT2D eigenvalue weighted by Crippen LogP contribution is -2.11. The summed E-state index contributed by atoms with van der Waals surface area (Å²) in [6.45, 7) is 2.35. The lowest BCUT2D eigenvalue weighted by molar-refractivity contribution is 0.102. The average Bonchev–Trinajstić information content (AvgIpc) is 3.19. The van der Waals surface area contributed by atoms with E-state index in [2.05, 4.69) is 20.3 Å². The van der Waals surface area contributed by atoms with Crippen molar-refractivity contribution < 1.29 is 14.3 Å². The van der Waals surface area contributed by atoms with Crippen LogP contribution < -0.4 is 14.8 Å². The van der Waals surface area contributed by atoms with Gasteiger partial charge in [-0.25, -0.2) is 9.97 Å². The van der Waals surface area contributed by atoms with Crippen molar-refractivity contribution in [3.05, 3.63) is 88.8 Å². The van der Waals surface area contributed by atoms with Gasteiger partial charge in [0.25, 0.3) is 5.91 Å². The Morgan fingerprint density at radius 1 is 1.10 bits per heavy atom. The van der Waals surface area contributed by atoms with Gasteiger partial charge >= 0.3 is 0 Å². The molecular formula is C22H18N4O3S. The first-order chi connectivity index (χ1) is 14.7. The second-order valence-electron chi connectivity index (χ2n) is 6.30. The van der Waals surface area contributed by atoms with Crippen LogP contribution in [-0.2, 0) is 6.61 Å². The number of carbonyl (C=O) groups excluding carboxylic acids is 1. The van der Waals surface area contributed by atoms with Crippen LogP contribution in [0.15, 0.2) is 72.5 Å². The van der Waals surface area contributed by atoms with Gasteiger partial charge in [0.15, 0.2) is 0 Å². The molecule has 1 N–H and O–H groups in total. The third-order valence-electron chi connectivity index (χ3n) is 4.02. The first-order valence-electron chi connectivity index (χ1n) is 9.15. The van der Waals surface area contributed by atoms with E-state index in [0.717, 1.165) is 10.7 Å². The number of nitrogens with zero attached hydrogens (tertiary/aromatic N) is 3. The van der Waals surface area contributed by atoms with E-state index in [1.165, 1.54) is 6.20 Å². The summed E-state index contributed by atoms with van der Waals surface area (Å²) in [5, 5.41) is 5.84. The van der Waals surface area contributed by atoms with Gasteiger partial charge in [-0.05, 0) is 43.3 Å². The number of aromatic nitrogens is 3. The summed E-state index contributed by atoms with van der Waals surface area (Å²) in [5.41, 5.74) is 2.02. The van der Waals surface area contributed by atoms with Crippen LogP contribution in [0.4, 0.5) is 5.69 Å². The van der Waals surface area contributed by atoms with Gasteiger partial charge in [0, 0.05) is 35.1 Å². The van der Waals surface area contributed by atoms with Crippen LogP contribution in [0, 0.1) is 6.92 Å². The quantitative estimate of drug-likeness (QED) is 0.461. The molecule has 0 spiro atoms. The van der Waals surface area contributed by atoms with E-state index in [0.29, 0.717) is 35.2 Å². The van der Waals surface area contributed by atoms with Crippen molar-refractivity contribution in [2.45, 2.75) is 13.5 Å². The normalized spacial score (nSPS) is 10.4. The summed E-state index contributed by atoms with van der Waals surface area (Å²) in [6.07, 6.45) is 4.64. The number of thiazole rings is 1. The SMILES string of the molecule is Cc1nc(COc2ccc(C(=O)Nc3cccc(Oc4cnccn4)c3)cc2)cs1. The summed E-state index contributed by atoms with van der Waals surface area (Å²) < 4.78 is 11.4. The maximum absolute atomic E-state index is 12.6. The number of rotatable bonds is 7. The molecule has 0 saturated carbocycles. The van der Waals surface area contributed by atoms with Crippen LogP contribution in [0.1, 0.15) is 21.1 Å². The van der Waals surface area contributed by atoms with E-state index in [1.54, 1.807) is 72.3 Å².